The quantitative estimate of drug-likeness (QED) is 0.304. The molecule has 0 aliphatic rings. The zero-order valence-electron chi connectivity index (χ0n) is 22.4. The molecule has 9 nitrogen and oxygen atoms in total. The molecule has 0 unspecified atom stereocenters. The molecule has 0 aliphatic carbocycles. The summed E-state index contributed by atoms with van der Waals surface area (Å²) in [5.41, 5.74) is 3.14. The number of benzene rings is 2. The number of nitrogens with zero attached hydrogens (tertiary/aromatic N) is 6. The van der Waals surface area contributed by atoms with Gasteiger partial charge in [0.2, 0.25) is 0 Å². The lowest BCUT2D eigenvalue weighted by Crippen LogP contribution is -2.16. The number of hydrogen-bond donors (Lipinski definition) is 1. The first kappa shape index (κ1) is 27.8. The first-order valence-corrected chi connectivity index (χ1v) is 12.3. The summed E-state index contributed by atoms with van der Waals surface area (Å²) in [5, 5.41) is 15.3. The van der Waals surface area contributed by atoms with E-state index in [9.17, 15) is 18.0 Å². The van der Waals surface area contributed by atoms with E-state index in [1.54, 1.807) is 40.0 Å². The maximum absolute atomic E-state index is 13.5. The highest BCUT2D eigenvalue weighted by atomic mass is 19.4. The Bertz CT molecular complexity index is 1470. The van der Waals surface area contributed by atoms with Crippen molar-refractivity contribution in [3.8, 4) is 22.7 Å². The third-order valence-electron chi connectivity index (χ3n) is 6.23. The van der Waals surface area contributed by atoms with Gasteiger partial charge in [0, 0.05) is 42.2 Å². The van der Waals surface area contributed by atoms with Crippen LogP contribution in [0.1, 0.15) is 33.6 Å². The molecule has 0 spiro atoms. The molecule has 0 atom stereocenters. The first-order chi connectivity index (χ1) is 18.4. The van der Waals surface area contributed by atoms with E-state index in [4.69, 9.17) is 4.74 Å². The zero-order chi connectivity index (χ0) is 28.3. The molecule has 0 saturated heterocycles. The molecule has 2 heterocycles. The molecule has 2 aromatic carbocycles. The van der Waals surface area contributed by atoms with E-state index in [-0.39, 0.29) is 23.6 Å². The average molecular weight is 542 g/mol. The minimum atomic E-state index is -4.60. The number of ether oxygens (including phenoxy) is 1. The third-order valence-corrected chi connectivity index (χ3v) is 6.23. The van der Waals surface area contributed by atoms with Crippen molar-refractivity contribution in [3.63, 3.8) is 0 Å². The summed E-state index contributed by atoms with van der Waals surface area (Å²) in [7, 11) is 5.63. The summed E-state index contributed by atoms with van der Waals surface area (Å²) in [4.78, 5) is 15.1. The summed E-state index contributed by atoms with van der Waals surface area (Å²) in [6, 6.07) is 8.17. The minimum Gasteiger partial charge on any atom is -0.493 e. The van der Waals surface area contributed by atoms with Gasteiger partial charge in [0.15, 0.2) is 0 Å². The number of nitrogens with one attached hydrogen (secondary N) is 1. The number of rotatable bonds is 9. The predicted octanol–water partition coefficient (Wildman–Crippen LogP) is 4.89. The number of hydrogen-bond acceptors (Lipinski definition) is 6. The smallest absolute Gasteiger partial charge is 0.416 e. The Hall–Kier alpha value is -4.19. The molecule has 1 amide bonds. The van der Waals surface area contributed by atoms with Crippen LogP contribution in [-0.4, -0.2) is 62.8 Å². The van der Waals surface area contributed by atoms with E-state index >= 15 is 0 Å². The van der Waals surface area contributed by atoms with E-state index in [1.165, 1.54) is 6.07 Å². The van der Waals surface area contributed by atoms with Crippen LogP contribution in [0.2, 0.25) is 0 Å². The van der Waals surface area contributed by atoms with Gasteiger partial charge in [-0.2, -0.15) is 18.3 Å². The zero-order valence-corrected chi connectivity index (χ0v) is 22.4. The van der Waals surface area contributed by atoms with Gasteiger partial charge >= 0.3 is 6.18 Å². The van der Waals surface area contributed by atoms with Crippen molar-refractivity contribution in [1.29, 1.82) is 0 Å². The second-order valence-electron chi connectivity index (χ2n) is 9.52. The highest BCUT2D eigenvalue weighted by Gasteiger charge is 2.31. The fourth-order valence-corrected chi connectivity index (χ4v) is 3.94. The molecule has 206 valence electrons. The van der Waals surface area contributed by atoms with Crippen LogP contribution in [0, 0.1) is 13.8 Å². The maximum Gasteiger partial charge on any atom is 0.416 e. The molecule has 12 heteroatoms. The summed E-state index contributed by atoms with van der Waals surface area (Å²) < 4.78 is 49.5. The molecule has 0 fully saturated rings. The summed E-state index contributed by atoms with van der Waals surface area (Å²) in [6.45, 7) is 4.76. The van der Waals surface area contributed by atoms with Crippen molar-refractivity contribution < 1.29 is 22.7 Å². The van der Waals surface area contributed by atoms with Gasteiger partial charge in [0.05, 0.1) is 30.3 Å². The third kappa shape index (κ3) is 6.63. The summed E-state index contributed by atoms with van der Waals surface area (Å²) >= 11 is 0. The van der Waals surface area contributed by atoms with E-state index in [0.29, 0.717) is 17.8 Å². The maximum atomic E-state index is 13.5. The van der Waals surface area contributed by atoms with Crippen molar-refractivity contribution in [1.82, 2.24) is 29.7 Å². The molecule has 0 saturated carbocycles. The van der Waals surface area contributed by atoms with Crippen LogP contribution in [0.25, 0.3) is 16.9 Å². The minimum absolute atomic E-state index is 0.0188. The Morgan fingerprint density at radius 1 is 1.13 bits per heavy atom. The van der Waals surface area contributed by atoms with Crippen LogP contribution in [0.5, 0.6) is 5.75 Å². The predicted molar refractivity (Wildman–Crippen MR) is 141 cm³/mol. The van der Waals surface area contributed by atoms with Crippen LogP contribution >= 0.6 is 0 Å². The number of amides is 1. The SMILES string of the molecule is Cc1ccc(C(=O)Nc2cc(OCCCN(C)C)cc(C(F)(F)F)c2)cc1-n1cc(-c2cnn(C)c2C)nn1. The molecule has 0 radical (unpaired) electrons. The molecular formula is C27H30F3N7O2. The number of halogens is 3. The van der Waals surface area contributed by atoms with Crippen LogP contribution < -0.4 is 10.1 Å². The van der Waals surface area contributed by atoms with Crippen molar-refractivity contribution in [2.24, 2.45) is 7.05 Å². The number of carbonyl (C=O) groups excluding carboxylic acids is 1. The highest BCUT2D eigenvalue weighted by Crippen LogP contribution is 2.34. The fraction of sp³-hybridized carbons (Fsp3) is 0.333. The lowest BCUT2D eigenvalue weighted by Gasteiger charge is -2.15. The molecule has 1 N–H and O–H groups in total. The van der Waals surface area contributed by atoms with Gasteiger partial charge in [-0.25, -0.2) is 4.68 Å². The number of anilines is 1. The Kier molecular flexibility index (Phi) is 8.05. The molecule has 4 aromatic rings. The molecule has 4 rings (SSSR count). The van der Waals surface area contributed by atoms with Crippen molar-refractivity contribution in [3.05, 3.63) is 71.2 Å². The fourth-order valence-electron chi connectivity index (χ4n) is 3.94. The second kappa shape index (κ2) is 11.3. The van der Waals surface area contributed by atoms with Gasteiger partial charge in [-0.15, -0.1) is 5.10 Å². The summed E-state index contributed by atoms with van der Waals surface area (Å²) in [5.74, 6) is -0.540. The number of alkyl halides is 3. The number of aromatic nitrogens is 5. The second-order valence-corrected chi connectivity index (χ2v) is 9.52. The van der Waals surface area contributed by atoms with Crippen LogP contribution in [0.15, 0.2) is 48.8 Å². The lowest BCUT2D eigenvalue weighted by atomic mass is 10.1. The van der Waals surface area contributed by atoms with Crippen molar-refractivity contribution >= 4 is 11.6 Å². The lowest BCUT2D eigenvalue weighted by molar-refractivity contribution is -0.137. The largest absolute Gasteiger partial charge is 0.493 e. The van der Waals surface area contributed by atoms with Gasteiger partial charge < -0.3 is 15.0 Å². The standard InChI is InChI=1S/C27H30F3N7O2/c1-17-7-8-19(11-25(17)37-16-24(33-34-37)23-15-31-36(5)18(23)2)26(38)32-21-12-20(27(28,29)30)13-22(14-21)39-10-6-9-35(3)4/h7-8,11-16H,6,9-10H2,1-5H3,(H,32,38). The normalized spacial score (nSPS) is 11.7. The highest BCUT2D eigenvalue weighted by molar-refractivity contribution is 6.04. The van der Waals surface area contributed by atoms with Gasteiger partial charge in [0.1, 0.15) is 11.4 Å². The van der Waals surface area contributed by atoms with Gasteiger partial charge in [-0.1, -0.05) is 11.3 Å². The first-order valence-electron chi connectivity index (χ1n) is 12.3. The molecule has 0 bridgehead atoms. The molecule has 39 heavy (non-hydrogen) atoms. The number of carbonyl (C=O) groups is 1. The van der Waals surface area contributed by atoms with Crippen molar-refractivity contribution in [2.45, 2.75) is 26.4 Å². The molecule has 0 aliphatic heterocycles. The van der Waals surface area contributed by atoms with Crippen molar-refractivity contribution in [2.75, 3.05) is 32.6 Å². The van der Waals surface area contributed by atoms with Crippen LogP contribution in [0.4, 0.5) is 18.9 Å². The Balaban J connectivity index is 1.56. The molecule has 2 aromatic heterocycles. The van der Waals surface area contributed by atoms with E-state index in [0.717, 1.165) is 35.5 Å². The Morgan fingerprint density at radius 2 is 1.90 bits per heavy atom. The van der Waals surface area contributed by atoms with Gasteiger partial charge in [-0.05, 0) is 64.2 Å². The number of aryl methyl sites for hydroxylation is 2. The summed E-state index contributed by atoms with van der Waals surface area (Å²) in [6.07, 6.45) is -0.519. The van der Waals surface area contributed by atoms with E-state index in [1.807, 2.05) is 39.9 Å². The van der Waals surface area contributed by atoms with Crippen LogP contribution in [-0.2, 0) is 13.2 Å². The molecular weight excluding hydrogens is 511 g/mol. The topological polar surface area (TPSA) is 90.1 Å². The monoisotopic (exact) mass is 541 g/mol. The van der Waals surface area contributed by atoms with E-state index in [2.05, 4.69) is 20.7 Å². The average Bonchev–Trinajstić information content (AvgIpc) is 3.48. The van der Waals surface area contributed by atoms with Gasteiger partial charge in [0.25, 0.3) is 5.91 Å². The Labute approximate surface area is 224 Å². The van der Waals surface area contributed by atoms with Gasteiger partial charge in [-0.3, -0.25) is 9.48 Å². The Morgan fingerprint density at radius 3 is 2.56 bits per heavy atom. The van der Waals surface area contributed by atoms with Crippen LogP contribution in [0.3, 0.4) is 0 Å². The van der Waals surface area contributed by atoms with E-state index < -0.39 is 17.6 Å².